The van der Waals surface area contributed by atoms with Crippen LogP contribution in [0, 0.1) is 24.7 Å². The SMILES string of the molecule is Cc1cc(C(=O)NC2CCC(O)CC2)ccc1-c1ccc(C[C@@H](CC(=O)C2CCC(CN)CC2)C(=O)Nc2ccc(-c3n[nH]c(C(F)(F)C(F)(F)C(=O)O)n3)cc2)cc1. The molecule has 7 N–H and O–H groups in total. The molecule has 12 nitrogen and oxygen atoms in total. The van der Waals surface area contributed by atoms with Crippen molar-refractivity contribution in [3.63, 3.8) is 0 Å². The Morgan fingerprint density at radius 3 is 2.14 bits per heavy atom. The highest BCUT2D eigenvalue weighted by Crippen LogP contribution is 2.42. The normalized spacial score (nSPS) is 20.4. The number of rotatable bonds is 15. The van der Waals surface area contributed by atoms with Crippen molar-refractivity contribution in [3.05, 3.63) is 89.2 Å². The van der Waals surface area contributed by atoms with Crippen LogP contribution in [-0.2, 0) is 26.7 Å². The summed E-state index contributed by atoms with van der Waals surface area (Å²) in [6.45, 7) is 2.50. The zero-order chi connectivity index (χ0) is 42.5. The number of carboxylic acids is 1. The summed E-state index contributed by atoms with van der Waals surface area (Å²) in [6, 6.07) is 18.9. The van der Waals surface area contributed by atoms with Gasteiger partial charge in [0.1, 0.15) is 5.78 Å². The highest BCUT2D eigenvalue weighted by atomic mass is 19.3. The van der Waals surface area contributed by atoms with Crippen LogP contribution in [0.5, 0.6) is 0 Å². The Morgan fingerprint density at radius 2 is 1.53 bits per heavy atom. The number of aliphatic hydroxyl groups excluding tert-OH is 1. The fraction of sp³-hybridized carbons (Fsp3) is 0.442. The third-order valence-corrected chi connectivity index (χ3v) is 11.6. The number of H-pyrrole nitrogens is 1. The van der Waals surface area contributed by atoms with Gasteiger partial charge in [0, 0.05) is 41.1 Å². The molecule has 16 heteroatoms. The molecule has 1 heterocycles. The third kappa shape index (κ3) is 10.0. The standard InChI is InChI=1S/C43H48F4N6O6/c1-24-20-30(38(56)49-33-15-17-34(54)18-16-33)12-19-35(24)27-6-2-25(3-7-27)21-31(22-36(55)28-8-4-26(23-48)5-9-28)39(57)50-32-13-10-29(11-14-32)37-51-40(53-52-37)42(44,45)43(46,47)41(58)59/h2-3,6-7,10-14,19-20,26,28,31,33-34,54H,4-5,8-9,15-18,21-23,48H2,1H3,(H,49,56)(H,50,57)(H,58,59)(H,51,52,53)/t26?,28?,31-,33?,34?/m0/s1. The Morgan fingerprint density at radius 1 is 0.881 bits per heavy atom. The van der Waals surface area contributed by atoms with Gasteiger partial charge in [-0.15, -0.1) is 0 Å². The number of aliphatic hydroxyl groups is 1. The minimum Gasteiger partial charge on any atom is -0.477 e. The molecule has 314 valence electrons. The van der Waals surface area contributed by atoms with Gasteiger partial charge >= 0.3 is 17.8 Å². The quantitative estimate of drug-likeness (QED) is 0.0697. The van der Waals surface area contributed by atoms with Gasteiger partial charge in [0.05, 0.1) is 6.10 Å². The number of aromatic nitrogens is 3. The van der Waals surface area contributed by atoms with E-state index < -0.39 is 41.3 Å². The molecule has 0 unspecified atom stereocenters. The first-order valence-corrected chi connectivity index (χ1v) is 19.8. The highest BCUT2D eigenvalue weighted by Gasteiger charge is 2.65. The highest BCUT2D eigenvalue weighted by molar-refractivity contribution is 5.96. The maximum Gasteiger partial charge on any atom is 0.411 e. The summed E-state index contributed by atoms with van der Waals surface area (Å²) in [5.74, 6) is -16.8. The molecule has 2 amide bonds. The average Bonchev–Trinajstić information content (AvgIpc) is 3.73. The molecular formula is C43H48F4N6O6. The lowest BCUT2D eigenvalue weighted by Gasteiger charge is -2.27. The van der Waals surface area contributed by atoms with E-state index in [1.54, 1.807) is 11.2 Å². The van der Waals surface area contributed by atoms with Crippen LogP contribution in [0.25, 0.3) is 22.5 Å². The van der Waals surface area contributed by atoms with Crippen molar-refractivity contribution in [1.29, 1.82) is 0 Å². The molecule has 1 aromatic heterocycles. The lowest BCUT2D eigenvalue weighted by Crippen LogP contribution is -2.45. The minimum atomic E-state index is -5.44. The first-order chi connectivity index (χ1) is 28.0. The van der Waals surface area contributed by atoms with Gasteiger partial charge in [-0.3, -0.25) is 19.5 Å². The number of hydrogen-bond donors (Lipinski definition) is 6. The molecule has 0 spiro atoms. The maximum atomic E-state index is 14.3. The van der Waals surface area contributed by atoms with Crippen molar-refractivity contribution >= 4 is 29.3 Å². The molecule has 0 aliphatic heterocycles. The Labute approximate surface area is 338 Å². The number of anilines is 1. The molecule has 6 rings (SSSR count). The van der Waals surface area contributed by atoms with Crippen LogP contribution in [0.15, 0.2) is 66.7 Å². The number of nitrogens with two attached hydrogens (primary N) is 1. The van der Waals surface area contributed by atoms with E-state index in [1.165, 1.54) is 24.3 Å². The summed E-state index contributed by atoms with van der Waals surface area (Å²) >= 11 is 0. The number of hydrogen-bond acceptors (Lipinski definition) is 8. The Kier molecular flexibility index (Phi) is 13.3. The van der Waals surface area contributed by atoms with Crippen molar-refractivity contribution in [2.45, 2.75) is 95.1 Å². The lowest BCUT2D eigenvalue weighted by molar-refractivity contribution is -0.231. The fourth-order valence-corrected chi connectivity index (χ4v) is 7.87. The number of amides is 2. The number of carbonyl (C=O) groups excluding carboxylic acids is 3. The van der Waals surface area contributed by atoms with E-state index in [9.17, 15) is 41.8 Å². The smallest absolute Gasteiger partial charge is 0.411 e. The predicted octanol–water partition coefficient (Wildman–Crippen LogP) is 6.81. The lowest BCUT2D eigenvalue weighted by atomic mass is 9.77. The summed E-state index contributed by atoms with van der Waals surface area (Å²) in [5.41, 5.74) is 10.4. The summed E-state index contributed by atoms with van der Waals surface area (Å²) in [7, 11) is 0. The Hall–Kier alpha value is -5.48. The monoisotopic (exact) mass is 820 g/mol. The second kappa shape index (κ2) is 18.2. The molecular weight excluding hydrogens is 773 g/mol. The number of aromatic amines is 1. The van der Waals surface area contributed by atoms with Gasteiger partial charge in [0.15, 0.2) is 5.82 Å². The van der Waals surface area contributed by atoms with Crippen LogP contribution in [0.1, 0.15) is 85.1 Å². The van der Waals surface area contributed by atoms with Gasteiger partial charge in [0.2, 0.25) is 11.7 Å². The van der Waals surface area contributed by atoms with Gasteiger partial charge in [-0.2, -0.15) is 22.7 Å². The van der Waals surface area contributed by atoms with Gasteiger partial charge < -0.3 is 26.6 Å². The molecule has 0 bridgehead atoms. The van der Waals surface area contributed by atoms with Crippen molar-refractivity contribution in [2.24, 2.45) is 23.5 Å². The van der Waals surface area contributed by atoms with Gasteiger partial charge in [0.25, 0.3) is 5.91 Å². The second-order valence-electron chi connectivity index (χ2n) is 15.8. The summed E-state index contributed by atoms with van der Waals surface area (Å²) < 4.78 is 55.9. The summed E-state index contributed by atoms with van der Waals surface area (Å²) in [5, 5.41) is 29.5. The van der Waals surface area contributed by atoms with Crippen molar-refractivity contribution in [3.8, 4) is 22.5 Å². The number of aliphatic carboxylic acids is 1. The van der Waals surface area contributed by atoms with Gasteiger partial charge in [-0.1, -0.05) is 30.3 Å². The Balaban J connectivity index is 1.14. The number of carboxylic acid groups (broad SMARTS) is 1. The first-order valence-electron chi connectivity index (χ1n) is 19.8. The van der Waals surface area contributed by atoms with Gasteiger partial charge in [-0.25, -0.2) is 9.78 Å². The number of ketones is 1. The molecule has 0 saturated heterocycles. The van der Waals surface area contributed by atoms with Crippen LogP contribution in [0.3, 0.4) is 0 Å². The van der Waals surface area contributed by atoms with Crippen LogP contribution in [0.2, 0.25) is 0 Å². The molecule has 3 aromatic carbocycles. The number of benzene rings is 3. The number of nitrogens with zero attached hydrogens (tertiary/aromatic N) is 2. The van der Waals surface area contributed by atoms with Crippen molar-refractivity contribution < 1.29 is 47.0 Å². The average molecular weight is 821 g/mol. The van der Waals surface area contributed by atoms with Crippen molar-refractivity contribution in [1.82, 2.24) is 20.5 Å². The summed E-state index contributed by atoms with van der Waals surface area (Å²) in [4.78, 5) is 54.6. The molecule has 59 heavy (non-hydrogen) atoms. The number of alkyl halides is 4. The number of carbonyl (C=O) groups is 4. The predicted molar refractivity (Wildman–Crippen MR) is 211 cm³/mol. The van der Waals surface area contributed by atoms with Crippen LogP contribution >= 0.6 is 0 Å². The number of Topliss-reactive ketones (excluding diaryl/α,β-unsaturated/α-hetero) is 1. The van der Waals surface area contributed by atoms with E-state index in [4.69, 9.17) is 10.8 Å². The minimum absolute atomic E-state index is 0.000827. The number of aryl methyl sites for hydroxylation is 1. The van der Waals surface area contributed by atoms with E-state index in [0.29, 0.717) is 49.4 Å². The van der Waals surface area contributed by atoms with Crippen LogP contribution < -0.4 is 16.4 Å². The zero-order valence-corrected chi connectivity index (χ0v) is 32.5. The molecule has 2 fully saturated rings. The number of nitrogens with one attached hydrogen (secondary N) is 3. The Bertz CT molecular complexity index is 2130. The van der Waals surface area contributed by atoms with E-state index in [2.05, 4.69) is 20.7 Å². The molecule has 2 aliphatic rings. The van der Waals surface area contributed by atoms with Crippen LogP contribution in [0.4, 0.5) is 23.2 Å². The van der Waals surface area contributed by atoms with E-state index >= 15 is 0 Å². The fourth-order valence-electron chi connectivity index (χ4n) is 7.87. The topological polar surface area (TPSA) is 200 Å². The molecule has 0 radical (unpaired) electrons. The van der Waals surface area contributed by atoms with Crippen molar-refractivity contribution in [2.75, 3.05) is 11.9 Å². The van der Waals surface area contributed by atoms with Gasteiger partial charge in [-0.05, 0) is 136 Å². The second-order valence-corrected chi connectivity index (χ2v) is 15.8. The molecule has 2 saturated carbocycles. The summed E-state index contributed by atoms with van der Waals surface area (Å²) in [6.07, 6.45) is 5.87. The van der Waals surface area contributed by atoms with E-state index in [1.807, 2.05) is 43.3 Å². The van der Waals surface area contributed by atoms with Crippen LogP contribution in [-0.4, -0.2) is 73.6 Å². The largest absolute Gasteiger partial charge is 0.477 e. The zero-order valence-electron chi connectivity index (χ0n) is 32.5. The maximum absolute atomic E-state index is 14.3. The van der Waals surface area contributed by atoms with E-state index in [-0.39, 0.29) is 48.2 Å². The molecule has 4 aromatic rings. The first kappa shape index (κ1) is 43.1. The van der Waals surface area contributed by atoms with E-state index in [0.717, 1.165) is 47.9 Å². The molecule has 1 atom stereocenters. The third-order valence-electron chi connectivity index (χ3n) is 11.6. The number of halogens is 4. The molecule has 2 aliphatic carbocycles.